The lowest BCUT2D eigenvalue weighted by atomic mass is 10.0. The monoisotopic (exact) mass is 250 g/mol. The van der Waals surface area contributed by atoms with Gasteiger partial charge in [-0.15, -0.1) is 0 Å². The molecule has 4 heteroatoms. The number of aliphatic hydroxyl groups is 1. The molecule has 1 rings (SSSR count). The molecule has 0 spiro atoms. The van der Waals surface area contributed by atoms with Crippen molar-refractivity contribution in [2.45, 2.75) is 25.9 Å². The summed E-state index contributed by atoms with van der Waals surface area (Å²) in [6, 6.07) is 7.57. The van der Waals surface area contributed by atoms with Crippen LogP contribution < -0.4 is 10.6 Å². The standard InChI is InChI=1S/C14H22N2O2/c1-3-12(17)10-16-14(18)13-7-5-4-6-11(13)8-9-15-2/h4-7,12,15,17H,3,8-10H2,1-2H3,(H,16,18). The molecule has 100 valence electrons. The van der Waals surface area contributed by atoms with E-state index in [0.29, 0.717) is 18.5 Å². The topological polar surface area (TPSA) is 61.4 Å². The minimum atomic E-state index is -0.474. The van der Waals surface area contributed by atoms with E-state index < -0.39 is 6.10 Å². The molecule has 0 heterocycles. The highest BCUT2D eigenvalue weighted by atomic mass is 16.3. The van der Waals surface area contributed by atoms with Gasteiger partial charge in [0.25, 0.3) is 5.91 Å². The number of carbonyl (C=O) groups excluding carboxylic acids is 1. The number of carbonyl (C=O) groups is 1. The molecule has 3 N–H and O–H groups in total. The van der Waals surface area contributed by atoms with Crippen LogP contribution in [0, 0.1) is 0 Å². The molecule has 0 bridgehead atoms. The second kappa shape index (κ2) is 7.84. The van der Waals surface area contributed by atoms with E-state index in [-0.39, 0.29) is 5.91 Å². The summed E-state index contributed by atoms with van der Waals surface area (Å²) in [5, 5.41) is 15.3. The first kappa shape index (κ1) is 14.7. The number of amides is 1. The largest absolute Gasteiger partial charge is 0.391 e. The summed E-state index contributed by atoms with van der Waals surface area (Å²) < 4.78 is 0. The van der Waals surface area contributed by atoms with Crippen molar-refractivity contribution in [1.29, 1.82) is 0 Å². The maximum atomic E-state index is 12.0. The van der Waals surface area contributed by atoms with Gasteiger partial charge in [-0.25, -0.2) is 0 Å². The van der Waals surface area contributed by atoms with Crippen LogP contribution >= 0.6 is 0 Å². The summed E-state index contributed by atoms with van der Waals surface area (Å²) in [6.45, 7) is 3.02. The van der Waals surface area contributed by atoms with E-state index in [1.54, 1.807) is 0 Å². The second-order valence-corrected chi connectivity index (χ2v) is 4.28. The van der Waals surface area contributed by atoms with Gasteiger partial charge in [0.05, 0.1) is 6.10 Å². The summed E-state index contributed by atoms with van der Waals surface area (Å²) in [5.74, 6) is -0.116. The molecule has 0 aliphatic heterocycles. The molecule has 1 atom stereocenters. The fourth-order valence-electron chi connectivity index (χ4n) is 1.67. The van der Waals surface area contributed by atoms with E-state index in [0.717, 1.165) is 18.5 Å². The van der Waals surface area contributed by atoms with Crippen molar-refractivity contribution in [1.82, 2.24) is 10.6 Å². The van der Waals surface area contributed by atoms with Crippen LogP contribution in [0.2, 0.25) is 0 Å². The Morgan fingerprint density at radius 1 is 1.39 bits per heavy atom. The molecule has 4 nitrogen and oxygen atoms in total. The molecule has 0 fully saturated rings. The Labute approximate surface area is 108 Å². The first-order chi connectivity index (χ1) is 8.69. The third-order valence-corrected chi connectivity index (χ3v) is 2.88. The highest BCUT2D eigenvalue weighted by Crippen LogP contribution is 2.09. The molecule has 1 amide bonds. The van der Waals surface area contributed by atoms with Crippen molar-refractivity contribution in [3.05, 3.63) is 35.4 Å². The second-order valence-electron chi connectivity index (χ2n) is 4.28. The third-order valence-electron chi connectivity index (χ3n) is 2.88. The fourth-order valence-corrected chi connectivity index (χ4v) is 1.67. The first-order valence-corrected chi connectivity index (χ1v) is 6.37. The van der Waals surface area contributed by atoms with Crippen LogP contribution in [-0.4, -0.2) is 37.3 Å². The van der Waals surface area contributed by atoms with E-state index in [2.05, 4.69) is 10.6 Å². The molecule has 0 saturated heterocycles. The van der Waals surface area contributed by atoms with Crippen molar-refractivity contribution in [2.75, 3.05) is 20.1 Å². The molecule has 0 saturated carbocycles. The van der Waals surface area contributed by atoms with E-state index in [9.17, 15) is 9.90 Å². The number of hydrogen-bond acceptors (Lipinski definition) is 3. The predicted octanol–water partition coefficient (Wildman–Crippen LogP) is 0.949. The predicted molar refractivity (Wildman–Crippen MR) is 72.7 cm³/mol. The summed E-state index contributed by atoms with van der Waals surface area (Å²) in [7, 11) is 1.89. The van der Waals surface area contributed by atoms with Crippen LogP contribution in [0.15, 0.2) is 24.3 Å². The number of rotatable bonds is 7. The van der Waals surface area contributed by atoms with Gasteiger partial charge in [-0.1, -0.05) is 25.1 Å². The number of nitrogens with one attached hydrogen (secondary N) is 2. The lowest BCUT2D eigenvalue weighted by molar-refractivity contribution is 0.0913. The third kappa shape index (κ3) is 4.47. The molecule has 0 aliphatic rings. The van der Waals surface area contributed by atoms with Gasteiger partial charge in [0.1, 0.15) is 0 Å². The Kier molecular flexibility index (Phi) is 6.39. The Balaban J connectivity index is 2.66. The maximum absolute atomic E-state index is 12.0. The van der Waals surface area contributed by atoms with Gasteiger partial charge in [-0.2, -0.15) is 0 Å². The zero-order chi connectivity index (χ0) is 13.4. The molecule has 1 aromatic carbocycles. The van der Waals surface area contributed by atoms with Crippen LogP contribution in [0.1, 0.15) is 29.3 Å². The maximum Gasteiger partial charge on any atom is 0.251 e. The Morgan fingerprint density at radius 3 is 2.78 bits per heavy atom. The molecule has 18 heavy (non-hydrogen) atoms. The average molecular weight is 250 g/mol. The highest BCUT2D eigenvalue weighted by molar-refractivity contribution is 5.95. The molecule has 0 aliphatic carbocycles. The van der Waals surface area contributed by atoms with Crippen molar-refractivity contribution >= 4 is 5.91 Å². The van der Waals surface area contributed by atoms with Crippen molar-refractivity contribution in [3.8, 4) is 0 Å². The first-order valence-electron chi connectivity index (χ1n) is 6.37. The lowest BCUT2D eigenvalue weighted by Gasteiger charge is -2.12. The smallest absolute Gasteiger partial charge is 0.251 e. The van der Waals surface area contributed by atoms with Crippen LogP contribution in [0.25, 0.3) is 0 Å². The minimum absolute atomic E-state index is 0.116. The molecule has 0 aromatic heterocycles. The highest BCUT2D eigenvalue weighted by Gasteiger charge is 2.11. The summed E-state index contributed by atoms with van der Waals surface area (Å²) in [5.41, 5.74) is 1.71. The van der Waals surface area contributed by atoms with Crippen LogP contribution in [0.4, 0.5) is 0 Å². The molecule has 0 radical (unpaired) electrons. The quantitative estimate of drug-likeness (QED) is 0.675. The fraction of sp³-hybridized carbons (Fsp3) is 0.500. The van der Waals surface area contributed by atoms with Gasteiger partial charge in [0.2, 0.25) is 0 Å². The number of benzene rings is 1. The average Bonchev–Trinajstić information content (AvgIpc) is 2.42. The van der Waals surface area contributed by atoms with Gasteiger partial charge in [0, 0.05) is 12.1 Å². The number of aliphatic hydroxyl groups excluding tert-OH is 1. The van der Waals surface area contributed by atoms with Crippen molar-refractivity contribution in [3.63, 3.8) is 0 Å². The van der Waals surface area contributed by atoms with Crippen molar-refractivity contribution < 1.29 is 9.90 Å². The Morgan fingerprint density at radius 2 is 2.11 bits per heavy atom. The molecule has 1 aromatic rings. The molecule has 1 unspecified atom stereocenters. The SMILES string of the molecule is CCC(O)CNC(=O)c1ccccc1CCNC. The van der Waals surface area contributed by atoms with E-state index in [1.807, 2.05) is 38.2 Å². The van der Waals surface area contributed by atoms with Crippen LogP contribution in [0.3, 0.4) is 0 Å². The number of likely N-dealkylation sites (N-methyl/N-ethyl adjacent to an activating group) is 1. The van der Waals surface area contributed by atoms with Gasteiger partial charge >= 0.3 is 0 Å². The van der Waals surface area contributed by atoms with Gasteiger partial charge < -0.3 is 15.7 Å². The van der Waals surface area contributed by atoms with Crippen LogP contribution in [0.5, 0.6) is 0 Å². The summed E-state index contributed by atoms with van der Waals surface area (Å²) in [4.78, 5) is 12.0. The normalized spacial score (nSPS) is 12.2. The lowest BCUT2D eigenvalue weighted by Crippen LogP contribution is -2.32. The zero-order valence-electron chi connectivity index (χ0n) is 11.1. The molecular weight excluding hydrogens is 228 g/mol. The zero-order valence-corrected chi connectivity index (χ0v) is 11.1. The Hall–Kier alpha value is -1.39. The van der Waals surface area contributed by atoms with Gasteiger partial charge in [0.15, 0.2) is 0 Å². The van der Waals surface area contributed by atoms with E-state index in [4.69, 9.17) is 0 Å². The minimum Gasteiger partial charge on any atom is -0.391 e. The molecular formula is C14H22N2O2. The summed E-state index contributed by atoms with van der Waals surface area (Å²) in [6.07, 6.45) is 0.983. The van der Waals surface area contributed by atoms with Crippen molar-refractivity contribution in [2.24, 2.45) is 0 Å². The Bertz CT molecular complexity index is 380. The number of hydrogen-bond donors (Lipinski definition) is 3. The van der Waals surface area contributed by atoms with E-state index in [1.165, 1.54) is 0 Å². The van der Waals surface area contributed by atoms with Gasteiger partial charge in [-0.05, 0) is 38.1 Å². The summed E-state index contributed by atoms with van der Waals surface area (Å²) >= 11 is 0. The van der Waals surface area contributed by atoms with Gasteiger partial charge in [-0.3, -0.25) is 4.79 Å². The van der Waals surface area contributed by atoms with Crippen LogP contribution in [-0.2, 0) is 6.42 Å². The van der Waals surface area contributed by atoms with E-state index >= 15 is 0 Å².